The minimum Gasteiger partial charge on any atom is -0.396 e. The monoisotopic (exact) mass is 316 g/mol. The molecule has 0 radical (unpaired) electrons. The Morgan fingerprint density at radius 1 is 1.40 bits per heavy atom. The molecule has 1 aliphatic rings. The van der Waals surface area contributed by atoms with Gasteiger partial charge in [0.1, 0.15) is 0 Å². The third kappa shape index (κ3) is 3.78. The van der Waals surface area contributed by atoms with Gasteiger partial charge in [-0.05, 0) is 43.9 Å². The topological polar surface area (TPSA) is 52.6 Å². The summed E-state index contributed by atoms with van der Waals surface area (Å²) >= 11 is 11.8. The Bertz CT molecular complexity index is 482. The molecule has 1 saturated heterocycles. The number of carbonyl (C=O) groups is 1. The molecular weight excluding hydrogens is 299 g/mol. The number of amides is 2. The number of anilines is 1. The Labute approximate surface area is 128 Å². The summed E-state index contributed by atoms with van der Waals surface area (Å²) in [6, 6.07) is 5.12. The summed E-state index contributed by atoms with van der Waals surface area (Å²) in [5, 5.41) is 12.6. The number of nitrogens with one attached hydrogen (secondary N) is 1. The normalized spacial score (nSPS) is 18.4. The molecule has 1 aromatic carbocycles. The quantitative estimate of drug-likeness (QED) is 0.888. The molecule has 110 valence electrons. The van der Waals surface area contributed by atoms with E-state index < -0.39 is 0 Å². The fourth-order valence-electron chi connectivity index (χ4n) is 2.50. The second-order valence-electron chi connectivity index (χ2n) is 4.91. The van der Waals surface area contributed by atoms with Crippen LogP contribution >= 0.6 is 23.2 Å². The molecule has 2 rings (SSSR count). The Kier molecular flexibility index (Phi) is 5.52. The third-order valence-electron chi connectivity index (χ3n) is 3.50. The standard InChI is InChI=1S/C14H18Cl2N2O2/c15-12-6-5-10(9-13(12)16)17-14(20)18-7-1-3-11(18)4-2-8-19/h5-6,9,11,19H,1-4,7-8H2,(H,17,20). The molecule has 1 unspecified atom stereocenters. The molecule has 2 N–H and O–H groups in total. The summed E-state index contributed by atoms with van der Waals surface area (Å²) in [7, 11) is 0. The average Bonchev–Trinajstić information content (AvgIpc) is 2.89. The molecule has 1 fully saturated rings. The van der Waals surface area contributed by atoms with Crippen molar-refractivity contribution in [3.8, 4) is 0 Å². The number of hydrogen-bond acceptors (Lipinski definition) is 2. The number of hydrogen-bond donors (Lipinski definition) is 2. The van der Waals surface area contributed by atoms with Gasteiger partial charge in [0.2, 0.25) is 0 Å². The van der Waals surface area contributed by atoms with Gasteiger partial charge in [-0.3, -0.25) is 0 Å². The smallest absolute Gasteiger partial charge is 0.322 e. The van der Waals surface area contributed by atoms with E-state index in [2.05, 4.69) is 5.32 Å². The highest BCUT2D eigenvalue weighted by molar-refractivity contribution is 6.42. The number of nitrogens with zero attached hydrogens (tertiary/aromatic N) is 1. The summed E-state index contributed by atoms with van der Waals surface area (Å²) in [4.78, 5) is 14.1. The van der Waals surface area contributed by atoms with Crippen molar-refractivity contribution in [3.63, 3.8) is 0 Å². The lowest BCUT2D eigenvalue weighted by Crippen LogP contribution is -2.38. The van der Waals surface area contributed by atoms with Crippen LogP contribution in [0.1, 0.15) is 25.7 Å². The lowest BCUT2D eigenvalue weighted by atomic mass is 10.1. The van der Waals surface area contributed by atoms with E-state index in [0.29, 0.717) is 15.7 Å². The van der Waals surface area contributed by atoms with E-state index in [0.717, 1.165) is 32.2 Å². The van der Waals surface area contributed by atoms with Crippen LogP contribution in [0.15, 0.2) is 18.2 Å². The number of carbonyl (C=O) groups excluding carboxylic acids is 1. The van der Waals surface area contributed by atoms with E-state index in [4.69, 9.17) is 28.3 Å². The van der Waals surface area contributed by atoms with Gasteiger partial charge in [0, 0.05) is 24.9 Å². The zero-order chi connectivity index (χ0) is 14.5. The molecule has 20 heavy (non-hydrogen) atoms. The van der Waals surface area contributed by atoms with E-state index in [1.165, 1.54) is 0 Å². The van der Waals surface area contributed by atoms with Crippen LogP contribution in [0.25, 0.3) is 0 Å². The Morgan fingerprint density at radius 2 is 2.20 bits per heavy atom. The maximum absolute atomic E-state index is 12.3. The van der Waals surface area contributed by atoms with Crippen molar-refractivity contribution < 1.29 is 9.90 Å². The molecule has 4 nitrogen and oxygen atoms in total. The number of benzene rings is 1. The van der Waals surface area contributed by atoms with Crippen LogP contribution in [0.2, 0.25) is 10.0 Å². The van der Waals surface area contributed by atoms with Crippen LogP contribution < -0.4 is 5.32 Å². The minimum absolute atomic E-state index is 0.121. The molecule has 6 heteroatoms. The largest absolute Gasteiger partial charge is 0.396 e. The van der Waals surface area contributed by atoms with Gasteiger partial charge >= 0.3 is 6.03 Å². The third-order valence-corrected chi connectivity index (χ3v) is 4.24. The maximum atomic E-state index is 12.3. The molecule has 1 atom stereocenters. The molecule has 0 saturated carbocycles. The average molecular weight is 317 g/mol. The lowest BCUT2D eigenvalue weighted by molar-refractivity contribution is 0.197. The zero-order valence-electron chi connectivity index (χ0n) is 11.1. The van der Waals surface area contributed by atoms with Gasteiger partial charge in [0.05, 0.1) is 10.0 Å². The number of halogens is 2. The minimum atomic E-state index is -0.121. The SMILES string of the molecule is O=C(Nc1ccc(Cl)c(Cl)c1)N1CCCC1CCCO. The Morgan fingerprint density at radius 3 is 2.90 bits per heavy atom. The predicted octanol–water partition coefficient (Wildman–Crippen LogP) is 3.76. The van der Waals surface area contributed by atoms with Crippen molar-refractivity contribution in [2.24, 2.45) is 0 Å². The van der Waals surface area contributed by atoms with Crippen molar-refractivity contribution in [1.82, 2.24) is 4.90 Å². The highest BCUT2D eigenvalue weighted by Crippen LogP contribution is 2.26. The highest BCUT2D eigenvalue weighted by atomic mass is 35.5. The molecular formula is C14H18Cl2N2O2. The van der Waals surface area contributed by atoms with Gasteiger partial charge in [-0.25, -0.2) is 4.79 Å². The van der Waals surface area contributed by atoms with E-state index in [1.54, 1.807) is 18.2 Å². The molecule has 0 aliphatic carbocycles. The van der Waals surface area contributed by atoms with Crippen LogP contribution in [-0.2, 0) is 0 Å². The first-order valence-corrected chi connectivity index (χ1v) is 7.51. The second kappa shape index (κ2) is 7.16. The number of aliphatic hydroxyl groups excluding tert-OH is 1. The van der Waals surface area contributed by atoms with Gasteiger partial charge < -0.3 is 15.3 Å². The zero-order valence-corrected chi connectivity index (χ0v) is 12.6. The highest BCUT2D eigenvalue weighted by Gasteiger charge is 2.28. The maximum Gasteiger partial charge on any atom is 0.322 e. The van der Waals surface area contributed by atoms with Crippen molar-refractivity contribution in [2.45, 2.75) is 31.7 Å². The van der Waals surface area contributed by atoms with Crippen LogP contribution in [0.5, 0.6) is 0 Å². The molecule has 0 bridgehead atoms. The fourth-order valence-corrected chi connectivity index (χ4v) is 2.80. The summed E-state index contributed by atoms with van der Waals surface area (Å²) in [5.41, 5.74) is 0.636. The molecule has 0 aromatic heterocycles. The van der Waals surface area contributed by atoms with E-state index in [1.807, 2.05) is 4.90 Å². The number of aliphatic hydroxyl groups is 1. The first-order chi connectivity index (χ1) is 9.61. The van der Waals surface area contributed by atoms with Crippen molar-refractivity contribution in [2.75, 3.05) is 18.5 Å². The Hall–Kier alpha value is -0.970. The molecule has 0 spiro atoms. The fraction of sp³-hybridized carbons (Fsp3) is 0.500. The lowest BCUT2D eigenvalue weighted by Gasteiger charge is -2.25. The van der Waals surface area contributed by atoms with Crippen LogP contribution in [-0.4, -0.2) is 35.2 Å². The first kappa shape index (κ1) is 15.4. The molecule has 1 aliphatic heterocycles. The summed E-state index contributed by atoms with van der Waals surface area (Å²) in [6.07, 6.45) is 3.56. The second-order valence-corrected chi connectivity index (χ2v) is 5.73. The van der Waals surface area contributed by atoms with Crippen molar-refractivity contribution >= 4 is 34.9 Å². The van der Waals surface area contributed by atoms with Gasteiger partial charge in [-0.1, -0.05) is 23.2 Å². The molecule has 1 aromatic rings. The van der Waals surface area contributed by atoms with Gasteiger partial charge in [0.25, 0.3) is 0 Å². The van der Waals surface area contributed by atoms with E-state index in [-0.39, 0.29) is 18.7 Å². The summed E-state index contributed by atoms with van der Waals surface area (Å²) in [6.45, 7) is 0.919. The number of rotatable bonds is 4. The van der Waals surface area contributed by atoms with Gasteiger partial charge in [-0.15, -0.1) is 0 Å². The van der Waals surface area contributed by atoms with Crippen LogP contribution in [0.4, 0.5) is 10.5 Å². The van der Waals surface area contributed by atoms with Crippen molar-refractivity contribution in [1.29, 1.82) is 0 Å². The number of urea groups is 1. The van der Waals surface area contributed by atoms with Crippen LogP contribution in [0, 0.1) is 0 Å². The molecule has 2 amide bonds. The summed E-state index contributed by atoms with van der Waals surface area (Å²) in [5.74, 6) is 0. The summed E-state index contributed by atoms with van der Waals surface area (Å²) < 4.78 is 0. The first-order valence-electron chi connectivity index (χ1n) is 6.75. The van der Waals surface area contributed by atoms with Gasteiger partial charge in [0.15, 0.2) is 0 Å². The Balaban J connectivity index is 1.98. The predicted molar refractivity (Wildman–Crippen MR) is 81.5 cm³/mol. The van der Waals surface area contributed by atoms with Crippen LogP contribution in [0.3, 0.4) is 0 Å². The van der Waals surface area contributed by atoms with Gasteiger partial charge in [-0.2, -0.15) is 0 Å². The van der Waals surface area contributed by atoms with E-state index >= 15 is 0 Å². The number of likely N-dealkylation sites (tertiary alicyclic amines) is 1. The molecule has 1 heterocycles. The van der Waals surface area contributed by atoms with E-state index in [9.17, 15) is 4.79 Å². The van der Waals surface area contributed by atoms with Crippen molar-refractivity contribution in [3.05, 3.63) is 28.2 Å².